The molecule has 0 saturated carbocycles. The highest BCUT2D eigenvalue weighted by atomic mass is 127. The first-order chi connectivity index (χ1) is 7.63. The summed E-state index contributed by atoms with van der Waals surface area (Å²) in [5, 5.41) is 2.60. The van der Waals surface area contributed by atoms with Gasteiger partial charge in [0.1, 0.15) is 5.15 Å². The van der Waals surface area contributed by atoms with Crippen molar-refractivity contribution < 1.29 is 0 Å². The number of hydrogen-bond acceptors (Lipinski definition) is 3. The minimum atomic E-state index is 0.551. The molecule has 0 N–H and O–H groups in total. The van der Waals surface area contributed by atoms with Crippen LogP contribution in [0.3, 0.4) is 0 Å². The number of nitrogens with zero attached hydrogens (tertiary/aromatic N) is 2. The molecule has 0 radical (unpaired) electrons. The molecule has 0 atom stereocenters. The van der Waals surface area contributed by atoms with Gasteiger partial charge in [0, 0.05) is 0 Å². The maximum absolute atomic E-state index is 6.11. The van der Waals surface area contributed by atoms with Gasteiger partial charge in [0.15, 0.2) is 5.82 Å². The Morgan fingerprint density at radius 1 is 1.44 bits per heavy atom. The zero-order valence-corrected chi connectivity index (χ0v) is 12.7. The van der Waals surface area contributed by atoms with E-state index in [0.717, 1.165) is 26.4 Å². The summed E-state index contributed by atoms with van der Waals surface area (Å²) in [5.74, 6) is 0.745. The number of aryl methyl sites for hydroxylation is 2. The molecule has 0 bridgehead atoms. The van der Waals surface area contributed by atoms with Gasteiger partial charge >= 0.3 is 0 Å². The van der Waals surface area contributed by atoms with Crippen molar-refractivity contribution in [2.45, 2.75) is 20.3 Å². The second kappa shape index (κ2) is 4.98. The van der Waals surface area contributed by atoms with E-state index in [0.29, 0.717) is 5.15 Å². The summed E-state index contributed by atoms with van der Waals surface area (Å²) in [7, 11) is 0. The molecule has 0 fully saturated rings. The van der Waals surface area contributed by atoms with Crippen LogP contribution >= 0.6 is 45.5 Å². The fraction of sp³-hybridized carbons (Fsp3) is 0.273. The van der Waals surface area contributed by atoms with Gasteiger partial charge in [-0.05, 0) is 52.9 Å². The molecule has 5 heteroatoms. The summed E-state index contributed by atoms with van der Waals surface area (Å²) in [5.41, 5.74) is 2.22. The maximum atomic E-state index is 6.11. The van der Waals surface area contributed by atoms with E-state index in [1.807, 2.05) is 5.38 Å². The van der Waals surface area contributed by atoms with Crippen molar-refractivity contribution in [2.24, 2.45) is 0 Å². The van der Waals surface area contributed by atoms with Crippen molar-refractivity contribution in [1.29, 1.82) is 0 Å². The van der Waals surface area contributed by atoms with Crippen LogP contribution in [0.4, 0.5) is 0 Å². The van der Waals surface area contributed by atoms with E-state index in [2.05, 4.69) is 52.5 Å². The standard InChI is InChI=1S/C11H10ClIN2S/c1-3-7-8(13)10(12)15-11(14-7)9-6(2)4-5-16-9/h4-5H,3H2,1-2H3. The Kier molecular flexibility index (Phi) is 3.81. The number of aromatic nitrogens is 2. The molecular weight excluding hydrogens is 355 g/mol. The molecule has 0 spiro atoms. The SMILES string of the molecule is CCc1nc(-c2sccc2C)nc(Cl)c1I. The fourth-order valence-corrected chi connectivity index (χ4v) is 3.07. The Labute approximate surface area is 117 Å². The third-order valence-corrected chi connectivity index (χ3v) is 5.02. The monoisotopic (exact) mass is 364 g/mol. The van der Waals surface area contributed by atoms with Crippen molar-refractivity contribution in [3.05, 3.63) is 31.4 Å². The fourth-order valence-electron chi connectivity index (χ4n) is 1.40. The zero-order chi connectivity index (χ0) is 11.7. The topological polar surface area (TPSA) is 25.8 Å². The predicted molar refractivity (Wildman–Crippen MR) is 77.2 cm³/mol. The molecule has 0 aliphatic carbocycles. The molecule has 0 aliphatic rings. The highest BCUT2D eigenvalue weighted by molar-refractivity contribution is 14.1. The van der Waals surface area contributed by atoms with Crippen LogP contribution in [0.15, 0.2) is 11.4 Å². The summed E-state index contributed by atoms with van der Waals surface area (Å²) >= 11 is 9.96. The van der Waals surface area contributed by atoms with Crippen molar-refractivity contribution in [3.8, 4) is 10.7 Å². The van der Waals surface area contributed by atoms with E-state index in [9.17, 15) is 0 Å². The van der Waals surface area contributed by atoms with Crippen LogP contribution in [0.25, 0.3) is 10.7 Å². The molecule has 0 aliphatic heterocycles. The summed E-state index contributed by atoms with van der Waals surface area (Å²) in [6.07, 6.45) is 0.873. The number of halogens is 2. The molecule has 2 nitrogen and oxygen atoms in total. The van der Waals surface area contributed by atoms with E-state index in [1.54, 1.807) is 11.3 Å². The summed E-state index contributed by atoms with van der Waals surface area (Å²) in [6, 6.07) is 2.07. The molecule has 2 aromatic rings. The minimum absolute atomic E-state index is 0.551. The number of thiophene rings is 1. The summed E-state index contributed by atoms with van der Waals surface area (Å²) in [4.78, 5) is 10.0. The molecule has 84 valence electrons. The van der Waals surface area contributed by atoms with Gasteiger partial charge in [0.05, 0.1) is 14.1 Å². The van der Waals surface area contributed by atoms with E-state index >= 15 is 0 Å². The molecule has 16 heavy (non-hydrogen) atoms. The van der Waals surface area contributed by atoms with Gasteiger partial charge in [-0.3, -0.25) is 0 Å². The highest BCUT2D eigenvalue weighted by Crippen LogP contribution is 2.29. The zero-order valence-electron chi connectivity index (χ0n) is 8.92. The highest BCUT2D eigenvalue weighted by Gasteiger charge is 2.12. The van der Waals surface area contributed by atoms with Crippen LogP contribution < -0.4 is 0 Å². The van der Waals surface area contributed by atoms with E-state index in [1.165, 1.54) is 5.56 Å². The lowest BCUT2D eigenvalue weighted by molar-refractivity contribution is 0.991. The normalized spacial score (nSPS) is 10.8. The van der Waals surface area contributed by atoms with Crippen molar-refractivity contribution in [1.82, 2.24) is 9.97 Å². The Hall–Kier alpha value is -0.200. The molecular formula is C11H10ClIN2S. The Morgan fingerprint density at radius 2 is 2.19 bits per heavy atom. The lowest BCUT2D eigenvalue weighted by atomic mass is 10.2. The quantitative estimate of drug-likeness (QED) is 0.585. The van der Waals surface area contributed by atoms with E-state index in [-0.39, 0.29) is 0 Å². The molecule has 0 saturated heterocycles. The van der Waals surface area contributed by atoms with Crippen LogP contribution in [0.1, 0.15) is 18.2 Å². The molecule has 2 aromatic heterocycles. The minimum Gasteiger partial charge on any atom is -0.231 e. The maximum Gasteiger partial charge on any atom is 0.171 e. The van der Waals surface area contributed by atoms with Crippen molar-refractivity contribution in [2.75, 3.05) is 0 Å². The summed E-state index contributed by atoms with van der Waals surface area (Å²) < 4.78 is 0.958. The van der Waals surface area contributed by atoms with Gasteiger partial charge in [-0.25, -0.2) is 9.97 Å². The second-order valence-corrected chi connectivity index (χ2v) is 5.74. The van der Waals surface area contributed by atoms with Crippen LogP contribution in [0.2, 0.25) is 5.15 Å². The average molecular weight is 365 g/mol. The number of rotatable bonds is 2. The number of hydrogen-bond donors (Lipinski definition) is 0. The largest absolute Gasteiger partial charge is 0.231 e. The lowest BCUT2D eigenvalue weighted by Gasteiger charge is -2.05. The van der Waals surface area contributed by atoms with Gasteiger partial charge in [0.25, 0.3) is 0 Å². The van der Waals surface area contributed by atoms with Gasteiger partial charge in [-0.1, -0.05) is 18.5 Å². The Morgan fingerprint density at radius 3 is 2.75 bits per heavy atom. The molecule has 2 heterocycles. The van der Waals surface area contributed by atoms with Crippen LogP contribution in [-0.4, -0.2) is 9.97 Å². The van der Waals surface area contributed by atoms with Gasteiger partial charge in [0.2, 0.25) is 0 Å². The predicted octanol–water partition coefficient (Wildman–Crippen LogP) is 4.33. The Bertz CT molecular complexity index is 525. The van der Waals surface area contributed by atoms with Gasteiger partial charge < -0.3 is 0 Å². The third kappa shape index (κ3) is 2.24. The van der Waals surface area contributed by atoms with Crippen LogP contribution in [-0.2, 0) is 6.42 Å². The average Bonchev–Trinajstić information content (AvgIpc) is 2.68. The van der Waals surface area contributed by atoms with Crippen LogP contribution in [0, 0.1) is 10.5 Å². The molecule has 0 amide bonds. The molecule has 2 rings (SSSR count). The van der Waals surface area contributed by atoms with Gasteiger partial charge in [-0.2, -0.15) is 0 Å². The lowest BCUT2D eigenvalue weighted by Crippen LogP contribution is -1.99. The summed E-state index contributed by atoms with van der Waals surface area (Å²) in [6.45, 7) is 4.14. The smallest absolute Gasteiger partial charge is 0.171 e. The van der Waals surface area contributed by atoms with Crippen molar-refractivity contribution in [3.63, 3.8) is 0 Å². The van der Waals surface area contributed by atoms with Crippen LogP contribution in [0.5, 0.6) is 0 Å². The Balaban J connectivity index is 2.59. The first kappa shape index (κ1) is 12.3. The molecule has 0 unspecified atom stereocenters. The van der Waals surface area contributed by atoms with E-state index in [4.69, 9.17) is 11.6 Å². The first-order valence-corrected chi connectivity index (χ1v) is 7.23. The first-order valence-electron chi connectivity index (χ1n) is 4.89. The second-order valence-electron chi connectivity index (χ2n) is 3.38. The third-order valence-electron chi connectivity index (χ3n) is 2.28. The van der Waals surface area contributed by atoms with Gasteiger partial charge in [-0.15, -0.1) is 11.3 Å². The molecule has 0 aromatic carbocycles. The van der Waals surface area contributed by atoms with E-state index < -0.39 is 0 Å². The van der Waals surface area contributed by atoms with Crippen molar-refractivity contribution >= 4 is 45.5 Å².